The first-order chi connectivity index (χ1) is 7.23. The number of aromatic nitrogens is 2. The van der Waals surface area contributed by atoms with Gasteiger partial charge in [-0.2, -0.15) is 4.98 Å². The van der Waals surface area contributed by atoms with E-state index in [1.165, 1.54) is 6.20 Å². The predicted molar refractivity (Wildman–Crippen MR) is 68.8 cm³/mol. The highest BCUT2D eigenvalue weighted by molar-refractivity contribution is 6.32. The SMILES string of the molecule is CC(N(C)c1nc(N)ncc1Cl)C(C)(C)C. The van der Waals surface area contributed by atoms with Gasteiger partial charge in [-0.05, 0) is 12.3 Å². The van der Waals surface area contributed by atoms with Crippen molar-refractivity contribution < 1.29 is 0 Å². The molecular weight excluding hydrogens is 224 g/mol. The molecule has 1 atom stereocenters. The van der Waals surface area contributed by atoms with Crippen LogP contribution in [0.2, 0.25) is 5.02 Å². The van der Waals surface area contributed by atoms with Gasteiger partial charge in [-0.3, -0.25) is 0 Å². The zero-order valence-electron chi connectivity index (χ0n) is 10.5. The van der Waals surface area contributed by atoms with Crippen LogP contribution in [0.4, 0.5) is 11.8 Å². The largest absolute Gasteiger partial charge is 0.368 e. The van der Waals surface area contributed by atoms with Crippen molar-refractivity contribution in [2.45, 2.75) is 33.7 Å². The molecule has 0 saturated carbocycles. The Morgan fingerprint density at radius 1 is 1.44 bits per heavy atom. The number of rotatable bonds is 2. The molecule has 0 bridgehead atoms. The summed E-state index contributed by atoms with van der Waals surface area (Å²) in [6, 6.07) is 0.291. The molecule has 0 fully saturated rings. The predicted octanol–water partition coefficient (Wildman–Crippen LogP) is 2.58. The Labute approximate surface area is 102 Å². The Balaban J connectivity index is 3.05. The van der Waals surface area contributed by atoms with Gasteiger partial charge >= 0.3 is 0 Å². The van der Waals surface area contributed by atoms with Crippen molar-refractivity contribution in [2.75, 3.05) is 17.7 Å². The summed E-state index contributed by atoms with van der Waals surface area (Å²) in [6.45, 7) is 8.65. The van der Waals surface area contributed by atoms with Crippen LogP contribution in [0, 0.1) is 5.41 Å². The molecule has 1 aromatic heterocycles. The number of hydrogen-bond donors (Lipinski definition) is 1. The van der Waals surface area contributed by atoms with Crippen LogP contribution < -0.4 is 10.6 Å². The summed E-state index contributed by atoms with van der Waals surface area (Å²) in [6.07, 6.45) is 1.53. The lowest BCUT2D eigenvalue weighted by atomic mass is 9.87. The van der Waals surface area contributed by atoms with E-state index in [0.717, 1.165) is 0 Å². The molecule has 2 N–H and O–H groups in total. The summed E-state index contributed by atoms with van der Waals surface area (Å²) >= 11 is 6.06. The molecule has 4 nitrogen and oxygen atoms in total. The summed E-state index contributed by atoms with van der Waals surface area (Å²) in [5, 5.41) is 0.521. The van der Waals surface area contributed by atoms with Crippen molar-refractivity contribution in [2.24, 2.45) is 5.41 Å². The summed E-state index contributed by atoms with van der Waals surface area (Å²) in [7, 11) is 1.96. The lowest BCUT2D eigenvalue weighted by Gasteiger charge is -2.36. The Bertz CT molecular complexity index is 373. The number of anilines is 2. The molecule has 0 amide bonds. The molecule has 90 valence electrons. The fraction of sp³-hybridized carbons (Fsp3) is 0.636. The van der Waals surface area contributed by atoms with Crippen LogP contribution in [0.1, 0.15) is 27.7 Å². The number of halogens is 1. The van der Waals surface area contributed by atoms with Gasteiger partial charge in [-0.15, -0.1) is 0 Å². The number of nitrogens with zero attached hydrogens (tertiary/aromatic N) is 3. The Kier molecular flexibility index (Phi) is 3.63. The minimum Gasteiger partial charge on any atom is -0.368 e. The van der Waals surface area contributed by atoms with Crippen molar-refractivity contribution in [3.8, 4) is 0 Å². The van der Waals surface area contributed by atoms with E-state index in [1.807, 2.05) is 11.9 Å². The molecule has 5 heteroatoms. The molecule has 1 rings (SSSR count). The first kappa shape index (κ1) is 13.0. The normalized spacial score (nSPS) is 13.6. The van der Waals surface area contributed by atoms with Gasteiger partial charge in [0.2, 0.25) is 5.95 Å². The number of nitrogens with two attached hydrogens (primary N) is 1. The average Bonchev–Trinajstić information content (AvgIpc) is 2.18. The monoisotopic (exact) mass is 242 g/mol. The van der Waals surface area contributed by atoms with E-state index >= 15 is 0 Å². The van der Waals surface area contributed by atoms with E-state index < -0.39 is 0 Å². The van der Waals surface area contributed by atoms with E-state index in [0.29, 0.717) is 16.9 Å². The van der Waals surface area contributed by atoms with Gasteiger partial charge in [0.05, 0.1) is 6.20 Å². The van der Waals surface area contributed by atoms with Gasteiger partial charge in [0, 0.05) is 13.1 Å². The van der Waals surface area contributed by atoms with E-state index in [-0.39, 0.29) is 11.4 Å². The zero-order valence-corrected chi connectivity index (χ0v) is 11.2. The molecule has 1 unspecified atom stereocenters. The highest BCUT2D eigenvalue weighted by Crippen LogP contribution is 2.30. The highest BCUT2D eigenvalue weighted by atomic mass is 35.5. The summed E-state index contributed by atoms with van der Waals surface area (Å²) in [5.41, 5.74) is 5.70. The van der Waals surface area contributed by atoms with Crippen molar-refractivity contribution >= 4 is 23.4 Å². The van der Waals surface area contributed by atoms with Crippen LogP contribution in [0.15, 0.2) is 6.20 Å². The highest BCUT2D eigenvalue weighted by Gasteiger charge is 2.26. The van der Waals surface area contributed by atoms with Gasteiger partial charge in [-0.25, -0.2) is 4.98 Å². The number of nitrogen functional groups attached to an aromatic ring is 1. The van der Waals surface area contributed by atoms with Gasteiger partial charge in [0.1, 0.15) is 5.02 Å². The van der Waals surface area contributed by atoms with Crippen LogP contribution in [0.25, 0.3) is 0 Å². The third-order valence-corrected chi connectivity index (χ3v) is 3.18. The van der Waals surface area contributed by atoms with Crippen LogP contribution in [0.3, 0.4) is 0 Å². The number of hydrogen-bond acceptors (Lipinski definition) is 4. The van der Waals surface area contributed by atoms with Crippen molar-refractivity contribution in [1.29, 1.82) is 0 Å². The van der Waals surface area contributed by atoms with Crippen molar-refractivity contribution in [3.63, 3.8) is 0 Å². The smallest absolute Gasteiger partial charge is 0.222 e. The third kappa shape index (κ3) is 2.76. The lowest BCUT2D eigenvalue weighted by Crippen LogP contribution is -2.40. The topological polar surface area (TPSA) is 55.0 Å². The average molecular weight is 243 g/mol. The van der Waals surface area contributed by atoms with Crippen molar-refractivity contribution in [1.82, 2.24) is 9.97 Å². The standard InChI is InChI=1S/C11H19ClN4/c1-7(11(2,3)4)16(5)9-8(12)6-14-10(13)15-9/h6-7H,1-5H3,(H2,13,14,15). The Morgan fingerprint density at radius 3 is 2.50 bits per heavy atom. The van der Waals surface area contributed by atoms with Crippen LogP contribution in [-0.2, 0) is 0 Å². The molecule has 0 aliphatic rings. The third-order valence-electron chi connectivity index (χ3n) is 2.91. The second-order valence-corrected chi connectivity index (χ2v) is 5.46. The molecule has 0 spiro atoms. The van der Waals surface area contributed by atoms with Gasteiger partial charge in [0.15, 0.2) is 5.82 Å². The molecule has 0 aliphatic carbocycles. The molecule has 1 heterocycles. The molecule has 0 saturated heterocycles. The fourth-order valence-corrected chi connectivity index (χ4v) is 1.61. The zero-order chi connectivity index (χ0) is 12.5. The van der Waals surface area contributed by atoms with E-state index in [2.05, 4.69) is 37.7 Å². The van der Waals surface area contributed by atoms with Crippen molar-refractivity contribution in [3.05, 3.63) is 11.2 Å². The van der Waals surface area contributed by atoms with Gasteiger partial charge < -0.3 is 10.6 Å². The molecule has 0 radical (unpaired) electrons. The molecule has 0 aliphatic heterocycles. The second kappa shape index (κ2) is 4.45. The summed E-state index contributed by atoms with van der Waals surface area (Å²) < 4.78 is 0. The van der Waals surface area contributed by atoms with Gasteiger partial charge in [-0.1, -0.05) is 32.4 Å². The lowest BCUT2D eigenvalue weighted by molar-refractivity contribution is 0.328. The maximum Gasteiger partial charge on any atom is 0.222 e. The van der Waals surface area contributed by atoms with E-state index in [9.17, 15) is 0 Å². The fourth-order valence-electron chi connectivity index (χ4n) is 1.38. The quantitative estimate of drug-likeness (QED) is 0.866. The Hall–Kier alpha value is -1.03. The maximum absolute atomic E-state index is 6.06. The minimum atomic E-state index is 0.137. The summed E-state index contributed by atoms with van der Waals surface area (Å²) in [4.78, 5) is 10.0. The first-order valence-corrected chi connectivity index (χ1v) is 5.62. The molecule has 16 heavy (non-hydrogen) atoms. The molecule has 1 aromatic rings. The minimum absolute atomic E-state index is 0.137. The van der Waals surface area contributed by atoms with Crippen LogP contribution in [0.5, 0.6) is 0 Å². The van der Waals surface area contributed by atoms with Crippen LogP contribution in [-0.4, -0.2) is 23.1 Å². The van der Waals surface area contributed by atoms with Gasteiger partial charge in [0.25, 0.3) is 0 Å². The first-order valence-electron chi connectivity index (χ1n) is 5.24. The Morgan fingerprint density at radius 2 is 2.00 bits per heavy atom. The molecular formula is C11H19ClN4. The summed E-state index contributed by atoms with van der Waals surface area (Å²) in [5.74, 6) is 0.920. The molecule has 0 aromatic carbocycles. The second-order valence-electron chi connectivity index (χ2n) is 5.05. The maximum atomic E-state index is 6.06. The van der Waals surface area contributed by atoms with E-state index in [4.69, 9.17) is 17.3 Å². The van der Waals surface area contributed by atoms with Crippen LogP contribution >= 0.6 is 11.6 Å². The van der Waals surface area contributed by atoms with E-state index in [1.54, 1.807) is 0 Å².